The van der Waals surface area contributed by atoms with Crippen molar-refractivity contribution in [1.82, 2.24) is 19.9 Å². The number of para-hydroxylation sites is 1. The maximum Gasteiger partial charge on any atom is 0.345 e. The molecule has 0 aliphatic rings. The Morgan fingerprint density at radius 3 is 2.67 bits per heavy atom. The van der Waals surface area contributed by atoms with Crippen molar-refractivity contribution in [3.8, 4) is 0 Å². The molecule has 0 spiro atoms. The molecule has 0 atom stereocenters. The molecule has 3 rings (SSSR count). The summed E-state index contributed by atoms with van der Waals surface area (Å²) in [6.07, 6.45) is 2.83. The Balaban J connectivity index is 0.00000110. The molecular formula is C13H12N5O2Y-. The summed E-state index contributed by atoms with van der Waals surface area (Å²) in [6, 6.07) is 7.56. The number of benzene rings is 1. The molecule has 105 valence electrons. The van der Waals surface area contributed by atoms with E-state index in [9.17, 15) is 4.79 Å². The Morgan fingerprint density at radius 2 is 1.90 bits per heavy atom. The zero-order valence-electron chi connectivity index (χ0n) is 11.0. The van der Waals surface area contributed by atoms with Crippen LogP contribution < -0.4 is 11.0 Å². The van der Waals surface area contributed by atoms with Gasteiger partial charge in [-0.05, 0) is 0 Å². The predicted molar refractivity (Wildman–Crippen MR) is 75.8 cm³/mol. The van der Waals surface area contributed by atoms with Crippen LogP contribution in [0.2, 0.25) is 0 Å². The van der Waals surface area contributed by atoms with Gasteiger partial charge in [-0.15, -0.1) is 6.07 Å². The van der Waals surface area contributed by atoms with Crippen LogP contribution in [0.5, 0.6) is 0 Å². The second-order valence-electron chi connectivity index (χ2n) is 3.95. The first-order valence-corrected chi connectivity index (χ1v) is 5.62. The minimum atomic E-state index is -0.437. The number of nitrogens with zero attached hydrogens (tertiary/aromatic N) is 3. The summed E-state index contributed by atoms with van der Waals surface area (Å²) in [6.45, 7) is 3.92. The first kappa shape index (κ1) is 17.2. The molecule has 2 aromatic heterocycles. The molecule has 1 aromatic carbocycles. The standard InChI is InChI=1S/C13H10N5O.H2O.Y/c1-8-4-2-3-5-9(8)17-12-11-10(15-7-16-12)6-14-13(19)18-11;;/h2-7H,1H2,(H,14,18,19)(H,15,16,17);1H2;/q-1;;. The van der Waals surface area contributed by atoms with Gasteiger partial charge in [0.25, 0.3) is 0 Å². The number of hydrogen-bond donors (Lipinski definition) is 2. The normalized spacial score (nSPS) is 9.52. The van der Waals surface area contributed by atoms with Crippen LogP contribution in [0, 0.1) is 6.92 Å². The van der Waals surface area contributed by atoms with E-state index in [4.69, 9.17) is 0 Å². The predicted octanol–water partition coefficient (Wildman–Crippen LogP) is 0.812. The summed E-state index contributed by atoms with van der Waals surface area (Å²) < 4.78 is 0. The fraction of sp³-hybridized carbons (Fsp3) is 0. The second-order valence-corrected chi connectivity index (χ2v) is 3.95. The fourth-order valence-corrected chi connectivity index (χ4v) is 1.74. The molecule has 7 nitrogen and oxygen atoms in total. The molecule has 3 aromatic rings. The molecule has 8 heteroatoms. The minimum absolute atomic E-state index is 0. The summed E-state index contributed by atoms with van der Waals surface area (Å²) in [5.41, 5.74) is 2.31. The Morgan fingerprint density at radius 1 is 1.14 bits per heavy atom. The van der Waals surface area contributed by atoms with Gasteiger partial charge in [0.2, 0.25) is 0 Å². The average molecular weight is 359 g/mol. The molecule has 2 heterocycles. The summed E-state index contributed by atoms with van der Waals surface area (Å²) in [5.74, 6) is 0.514. The van der Waals surface area contributed by atoms with E-state index in [0.717, 1.165) is 11.3 Å². The number of fused-ring (bicyclic) bond motifs is 1. The van der Waals surface area contributed by atoms with Gasteiger partial charge in [-0.1, -0.05) is 17.8 Å². The zero-order chi connectivity index (χ0) is 13.2. The quantitative estimate of drug-likeness (QED) is 0.657. The van der Waals surface area contributed by atoms with Crippen LogP contribution in [0.15, 0.2) is 41.6 Å². The number of hydrogen-bond acceptors (Lipinski definition) is 5. The maximum absolute atomic E-state index is 11.3. The average Bonchev–Trinajstić information content (AvgIpc) is 2.42. The number of anilines is 2. The van der Waals surface area contributed by atoms with Crippen LogP contribution >= 0.6 is 0 Å². The van der Waals surface area contributed by atoms with E-state index in [1.165, 1.54) is 12.5 Å². The summed E-state index contributed by atoms with van der Waals surface area (Å²) in [4.78, 5) is 25.7. The number of aromatic nitrogens is 4. The van der Waals surface area contributed by atoms with Crippen LogP contribution in [0.4, 0.5) is 11.5 Å². The molecule has 1 radical (unpaired) electrons. The van der Waals surface area contributed by atoms with Crippen molar-refractivity contribution in [2.75, 3.05) is 5.32 Å². The molecule has 0 aliphatic carbocycles. The van der Waals surface area contributed by atoms with Gasteiger partial charge in [-0.3, -0.25) is 0 Å². The number of rotatable bonds is 2. The molecular weight excluding hydrogens is 347 g/mol. The van der Waals surface area contributed by atoms with Crippen molar-refractivity contribution in [3.63, 3.8) is 0 Å². The van der Waals surface area contributed by atoms with Crippen molar-refractivity contribution in [2.45, 2.75) is 0 Å². The van der Waals surface area contributed by atoms with Crippen LogP contribution in [-0.4, -0.2) is 25.4 Å². The fourth-order valence-electron chi connectivity index (χ4n) is 1.74. The minimum Gasteiger partial charge on any atom is -0.412 e. The van der Waals surface area contributed by atoms with Crippen LogP contribution in [0.3, 0.4) is 0 Å². The van der Waals surface area contributed by atoms with Gasteiger partial charge in [0.05, 0.1) is 6.20 Å². The molecule has 21 heavy (non-hydrogen) atoms. The van der Waals surface area contributed by atoms with Crippen LogP contribution in [0.1, 0.15) is 5.56 Å². The van der Waals surface area contributed by atoms with E-state index < -0.39 is 5.69 Å². The maximum atomic E-state index is 11.3. The van der Waals surface area contributed by atoms with Crippen molar-refractivity contribution in [2.24, 2.45) is 0 Å². The third-order valence-electron chi connectivity index (χ3n) is 2.68. The van der Waals surface area contributed by atoms with E-state index in [1.54, 1.807) is 0 Å². The van der Waals surface area contributed by atoms with Crippen molar-refractivity contribution in [1.29, 1.82) is 0 Å². The molecule has 0 unspecified atom stereocenters. The second kappa shape index (κ2) is 7.26. The van der Waals surface area contributed by atoms with Gasteiger partial charge in [-0.2, -0.15) is 23.5 Å². The Hall–Kier alpha value is -1.83. The van der Waals surface area contributed by atoms with E-state index >= 15 is 0 Å². The third-order valence-corrected chi connectivity index (χ3v) is 2.68. The van der Waals surface area contributed by atoms with E-state index in [1.807, 2.05) is 24.3 Å². The zero-order valence-corrected chi connectivity index (χ0v) is 13.8. The number of aromatic amines is 1. The van der Waals surface area contributed by atoms with E-state index in [2.05, 4.69) is 32.2 Å². The molecule has 0 saturated carbocycles. The Kier molecular flexibility index (Phi) is 5.95. The molecule has 4 N–H and O–H groups in total. The van der Waals surface area contributed by atoms with Gasteiger partial charge < -0.3 is 15.8 Å². The van der Waals surface area contributed by atoms with Gasteiger partial charge in [0, 0.05) is 32.7 Å². The van der Waals surface area contributed by atoms with Gasteiger partial charge in [0.1, 0.15) is 23.2 Å². The molecule has 0 amide bonds. The van der Waals surface area contributed by atoms with Crippen molar-refractivity contribution in [3.05, 3.63) is 59.8 Å². The van der Waals surface area contributed by atoms with Crippen molar-refractivity contribution < 1.29 is 38.2 Å². The Bertz CT molecular complexity index is 806. The largest absolute Gasteiger partial charge is 0.412 e. The Labute approximate surface area is 145 Å². The SMILES string of the molecule is O.[CH2-]c1ccccc1Nc1ncnc2cnc(=O)[nH]c12.[Y]. The number of H-pyrrole nitrogens is 1. The van der Waals surface area contributed by atoms with Gasteiger partial charge in [0.15, 0.2) is 0 Å². The molecule has 0 bridgehead atoms. The van der Waals surface area contributed by atoms with Gasteiger partial charge >= 0.3 is 5.69 Å². The van der Waals surface area contributed by atoms with E-state index in [-0.39, 0.29) is 38.2 Å². The van der Waals surface area contributed by atoms with E-state index in [0.29, 0.717) is 16.9 Å². The molecule has 0 aliphatic heterocycles. The first-order chi connectivity index (χ1) is 9.24. The smallest absolute Gasteiger partial charge is 0.345 e. The number of nitrogens with one attached hydrogen (secondary N) is 2. The van der Waals surface area contributed by atoms with Crippen LogP contribution in [0.25, 0.3) is 11.0 Å². The monoisotopic (exact) mass is 359 g/mol. The summed E-state index contributed by atoms with van der Waals surface area (Å²) >= 11 is 0. The summed E-state index contributed by atoms with van der Waals surface area (Å²) in [7, 11) is 0. The molecule has 0 fully saturated rings. The summed E-state index contributed by atoms with van der Waals surface area (Å²) in [5, 5.41) is 3.13. The first-order valence-electron chi connectivity index (χ1n) is 5.62. The third kappa shape index (κ3) is 3.63. The molecule has 0 saturated heterocycles. The van der Waals surface area contributed by atoms with Gasteiger partial charge in [-0.25, -0.2) is 14.8 Å². The topological polar surface area (TPSA) is 115 Å². The van der Waals surface area contributed by atoms with Crippen LogP contribution in [-0.2, 0) is 32.7 Å². The van der Waals surface area contributed by atoms with Crippen molar-refractivity contribution >= 4 is 22.5 Å².